The molecular formula is C18H15Cl2F4NO5S. The predicted octanol–water partition coefficient (Wildman–Crippen LogP) is 4.93. The Morgan fingerprint density at radius 3 is 2.19 bits per heavy atom. The third kappa shape index (κ3) is 7.44. The highest BCUT2D eigenvalue weighted by molar-refractivity contribution is 7.92. The summed E-state index contributed by atoms with van der Waals surface area (Å²) in [6.07, 6.45) is -6.63. The van der Waals surface area contributed by atoms with Crippen molar-refractivity contribution in [2.75, 3.05) is 11.0 Å². The number of sulfonamides is 1. The standard InChI is InChI=1S/C18H15Cl2F4NO5S/c1-31(28,29)25-12-3-10(2-11(7-12)18(22,23)24)8-30-16-13(19)4-9(5-14(16)20)6-15(21)17(26)27/h2-5,7,15,25H,6,8H2,1H3,(H,26,27). The van der Waals surface area contributed by atoms with E-state index in [9.17, 15) is 30.8 Å². The van der Waals surface area contributed by atoms with Gasteiger partial charge in [0.05, 0.1) is 21.9 Å². The average Bonchev–Trinajstić information content (AvgIpc) is 2.58. The molecule has 2 N–H and O–H groups in total. The summed E-state index contributed by atoms with van der Waals surface area (Å²) in [5.41, 5.74) is -1.27. The van der Waals surface area contributed by atoms with Gasteiger partial charge in [-0.25, -0.2) is 17.6 Å². The van der Waals surface area contributed by atoms with Crippen LogP contribution in [0.5, 0.6) is 5.75 Å². The molecule has 0 saturated carbocycles. The van der Waals surface area contributed by atoms with Crippen molar-refractivity contribution in [1.82, 2.24) is 0 Å². The van der Waals surface area contributed by atoms with Crippen molar-refractivity contribution in [3.63, 3.8) is 0 Å². The van der Waals surface area contributed by atoms with Gasteiger partial charge in [0.25, 0.3) is 0 Å². The lowest BCUT2D eigenvalue weighted by Crippen LogP contribution is -2.17. The Hall–Kier alpha value is -2.24. The lowest BCUT2D eigenvalue weighted by molar-refractivity contribution is -0.142. The number of nitrogens with one attached hydrogen (secondary N) is 1. The minimum absolute atomic E-state index is 0.0353. The van der Waals surface area contributed by atoms with Crippen LogP contribution in [0.15, 0.2) is 30.3 Å². The van der Waals surface area contributed by atoms with E-state index in [-0.39, 0.29) is 32.6 Å². The molecule has 0 saturated heterocycles. The average molecular weight is 504 g/mol. The van der Waals surface area contributed by atoms with Gasteiger partial charge < -0.3 is 9.84 Å². The van der Waals surface area contributed by atoms with Crippen molar-refractivity contribution in [2.24, 2.45) is 0 Å². The van der Waals surface area contributed by atoms with Gasteiger partial charge in [0, 0.05) is 12.1 Å². The number of hydrogen-bond donors (Lipinski definition) is 2. The maximum absolute atomic E-state index is 13.4. The van der Waals surface area contributed by atoms with Gasteiger partial charge in [-0.3, -0.25) is 4.72 Å². The minimum atomic E-state index is -4.74. The molecule has 0 aromatic heterocycles. The van der Waals surface area contributed by atoms with Gasteiger partial charge >= 0.3 is 12.1 Å². The Labute approximate surface area is 184 Å². The smallest absolute Gasteiger partial charge is 0.416 e. The number of carboxylic acid groups (broad SMARTS) is 1. The van der Waals surface area contributed by atoms with E-state index in [0.717, 1.165) is 18.4 Å². The van der Waals surface area contributed by atoms with Gasteiger partial charge in [0.15, 0.2) is 5.75 Å². The van der Waals surface area contributed by atoms with Crippen LogP contribution in [-0.2, 0) is 34.0 Å². The monoisotopic (exact) mass is 503 g/mol. The van der Waals surface area contributed by atoms with Gasteiger partial charge in [-0.15, -0.1) is 0 Å². The molecule has 170 valence electrons. The third-order valence-electron chi connectivity index (χ3n) is 3.75. The third-order valence-corrected chi connectivity index (χ3v) is 4.92. The molecule has 13 heteroatoms. The zero-order valence-electron chi connectivity index (χ0n) is 15.6. The van der Waals surface area contributed by atoms with Crippen molar-refractivity contribution in [1.29, 1.82) is 0 Å². The molecule has 0 aliphatic heterocycles. The van der Waals surface area contributed by atoms with Crippen LogP contribution in [0, 0.1) is 0 Å². The number of halogens is 6. The number of aliphatic carboxylic acids is 1. The Morgan fingerprint density at radius 2 is 1.71 bits per heavy atom. The highest BCUT2D eigenvalue weighted by Gasteiger charge is 2.31. The summed E-state index contributed by atoms with van der Waals surface area (Å²) >= 11 is 12.1. The molecule has 2 aromatic rings. The van der Waals surface area contributed by atoms with Gasteiger partial charge in [0.2, 0.25) is 16.2 Å². The lowest BCUT2D eigenvalue weighted by Gasteiger charge is -2.15. The van der Waals surface area contributed by atoms with Crippen LogP contribution in [0.3, 0.4) is 0 Å². The molecule has 1 unspecified atom stereocenters. The highest BCUT2D eigenvalue weighted by Crippen LogP contribution is 2.36. The fourth-order valence-electron chi connectivity index (χ4n) is 2.53. The predicted molar refractivity (Wildman–Crippen MR) is 107 cm³/mol. The first-order chi connectivity index (χ1) is 14.2. The number of carboxylic acids is 1. The van der Waals surface area contributed by atoms with Gasteiger partial charge in [-0.05, 0) is 41.5 Å². The fraction of sp³-hybridized carbons (Fsp3) is 0.278. The van der Waals surface area contributed by atoms with Crippen molar-refractivity contribution < 1.29 is 40.6 Å². The van der Waals surface area contributed by atoms with Gasteiger partial charge in [-0.1, -0.05) is 23.2 Å². The molecule has 0 bridgehead atoms. The largest absolute Gasteiger partial charge is 0.486 e. The minimum Gasteiger partial charge on any atom is -0.486 e. The van der Waals surface area contributed by atoms with E-state index in [1.807, 2.05) is 4.72 Å². The van der Waals surface area contributed by atoms with Gasteiger partial charge in [0.1, 0.15) is 6.61 Å². The SMILES string of the molecule is CS(=O)(=O)Nc1cc(COc2c(Cl)cc(CC(F)C(=O)O)cc2Cl)cc(C(F)(F)F)c1. The topological polar surface area (TPSA) is 92.7 Å². The number of hydrogen-bond acceptors (Lipinski definition) is 4. The van der Waals surface area contributed by atoms with Crippen LogP contribution in [0.4, 0.5) is 23.2 Å². The van der Waals surface area contributed by atoms with E-state index in [1.165, 1.54) is 12.1 Å². The van der Waals surface area contributed by atoms with Crippen LogP contribution in [0.25, 0.3) is 0 Å². The zero-order chi connectivity index (χ0) is 23.6. The molecule has 1 atom stereocenters. The van der Waals surface area contributed by atoms with E-state index in [2.05, 4.69) is 0 Å². The summed E-state index contributed by atoms with van der Waals surface area (Å²) in [7, 11) is -3.83. The molecule has 0 fully saturated rings. The molecule has 0 aliphatic carbocycles. The molecule has 2 aromatic carbocycles. The molecule has 0 amide bonds. The van der Waals surface area contributed by atoms with E-state index in [4.69, 9.17) is 33.0 Å². The van der Waals surface area contributed by atoms with Crippen LogP contribution < -0.4 is 9.46 Å². The maximum Gasteiger partial charge on any atom is 0.416 e. The second kappa shape index (κ2) is 9.49. The highest BCUT2D eigenvalue weighted by atomic mass is 35.5. The van der Waals surface area contributed by atoms with Crippen molar-refractivity contribution in [2.45, 2.75) is 25.4 Å². The van der Waals surface area contributed by atoms with Crippen molar-refractivity contribution in [3.05, 3.63) is 57.1 Å². The molecular weight excluding hydrogens is 489 g/mol. The normalized spacial score (nSPS) is 13.0. The van der Waals surface area contributed by atoms with E-state index in [1.54, 1.807) is 0 Å². The maximum atomic E-state index is 13.4. The molecule has 2 rings (SSSR count). The number of benzene rings is 2. The Morgan fingerprint density at radius 1 is 1.13 bits per heavy atom. The summed E-state index contributed by atoms with van der Waals surface area (Å²) in [5, 5.41) is 8.41. The first kappa shape index (κ1) is 25.0. The number of alkyl halides is 4. The molecule has 0 heterocycles. The van der Waals surface area contributed by atoms with E-state index in [0.29, 0.717) is 6.07 Å². The van der Waals surface area contributed by atoms with Crippen molar-refractivity contribution >= 4 is 44.9 Å². The molecule has 6 nitrogen and oxygen atoms in total. The summed E-state index contributed by atoms with van der Waals surface area (Å²) in [4.78, 5) is 10.6. The van der Waals surface area contributed by atoms with E-state index < -0.39 is 46.9 Å². The molecule has 0 aliphatic rings. The first-order valence-corrected chi connectivity index (χ1v) is 11.0. The Balaban J connectivity index is 2.29. The number of rotatable bonds is 8. The van der Waals surface area contributed by atoms with E-state index >= 15 is 0 Å². The molecule has 0 spiro atoms. The molecule has 31 heavy (non-hydrogen) atoms. The van der Waals surface area contributed by atoms with Crippen molar-refractivity contribution in [3.8, 4) is 5.75 Å². The fourth-order valence-corrected chi connectivity index (χ4v) is 3.72. The van der Waals surface area contributed by atoms with Crippen LogP contribution >= 0.6 is 23.2 Å². The first-order valence-electron chi connectivity index (χ1n) is 8.32. The summed E-state index contributed by atoms with van der Waals surface area (Å²) in [6.45, 7) is -0.456. The van der Waals surface area contributed by atoms with Crippen LogP contribution in [0.2, 0.25) is 10.0 Å². The van der Waals surface area contributed by atoms with Crippen LogP contribution in [0.1, 0.15) is 16.7 Å². The summed E-state index contributed by atoms with van der Waals surface area (Å²) in [6, 6.07) is 4.99. The zero-order valence-corrected chi connectivity index (χ0v) is 18.0. The Kier molecular flexibility index (Phi) is 7.66. The number of ether oxygens (including phenoxy) is 1. The molecule has 0 radical (unpaired) electrons. The lowest BCUT2D eigenvalue weighted by atomic mass is 10.1. The number of anilines is 1. The Bertz CT molecular complexity index is 1070. The second-order valence-corrected chi connectivity index (χ2v) is 9.04. The van der Waals surface area contributed by atoms with Gasteiger partial charge in [-0.2, -0.15) is 13.2 Å². The quantitative estimate of drug-likeness (QED) is 0.498. The second-order valence-electron chi connectivity index (χ2n) is 6.48. The number of carbonyl (C=O) groups is 1. The van der Waals surface area contributed by atoms with Crippen LogP contribution in [-0.4, -0.2) is 31.9 Å². The summed E-state index contributed by atoms with van der Waals surface area (Å²) < 4.78 is 82.9. The summed E-state index contributed by atoms with van der Waals surface area (Å²) in [5.74, 6) is -1.77.